The molecule has 0 spiro atoms. The molecular formula is C14H24O4. The highest BCUT2D eigenvalue weighted by atomic mass is 16.5. The maximum atomic E-state index is 11.3. The van der Waals surface area contributed by atoms with E-state index in [1.807, 2.05) is 13.8 Å². The van der Waals surface area contributed by atoms with E-state index in [9.17, 15) is 9.59 Å². The fourth-order valence-corrected chi connectivity index (χ4v) is 1.27. The highest BCUT2D eigenvalue weighted by molar-refractivity contribution is 5.87. The molecule has 0 aliphatic carbocycles. The number of ether oxygens (including phenoxy) is 2. The van der Waals surface area contributed by atoms with Gasteiger partial charge in [0.15, 0.2) is 0 Å². The Bertz CT molecular complexity index is 282. The van der Waals surface area contributed by atoms with E-state index >= 15 is 0 Å². The van der Waals surface area contributed by atoms with Crippen LogP contribution in [0.15, 0.2) is 12.2 Å². The number of hydrogen-bond acceptors (Lipinski definition) is 4. The van der Waals surface area contributed by atoms with Gasteiger partial charge in [0.1, 0.15) is 0 Å². The summed E-state index contributed by atoms with van der Waals surface area (Å²) < 4.78 is 9.86. The van der Waals surface area contributed by atoms with Gasteiger partial charge in [-0.3, -0.25) is 4.79 Å². The van der Waals surface area contributed by atoms with Crippen molar-refractivity contribution in [3.05, 3.63) is 12.2 Å². The Morgan fingerprint density at radius 1 is 1.11 bits per heavy atom. The molecule has 0 aromatic rings. The third-order valence-corrected chi connectivity index (χ3v) is 2.25. The zero-order valence-electron chi connectivity index (χ0n) is 11.7. The van der Waals surface area contributed by atoms with Crippen LogP contribution >= 0.6 is 0 Å². The second-order valence-corrected chi connectivity index (χ2v) is 4.61. The monoisotopic (exact) mass is 256 g/mol. The van der Waals surface area contributed by atoms with Gasteiger partial charge in [-0.1, -0.05) is 20.4 Å². The van der Waals surface area contributed by atoms with Crippen LogP contribution in [0.2, 0.25) is 0 Å². The maximum Gasteiger partial charge on any atom is 0.333 e. The quantitative estimate of drug-likeness (QED) is 0.361. The number of esters is 2. The lowest BCUT2D eigenvalue weighted by atomic mass is 10.1. The molecule has 0 N–H and O–H groups in total. The molecule has 0 heterocycles. The van der Waals surface area contributed by atoms with E-state index in [0.717, 1.165) is 6.42 Å². The summed E-state index contributed by atoms with van der Waals surface area (Å²) in [5.74, 6) is -0.164. The molecule has 4 heteroatoms. The van der Waals surface area contributed by atoms with Crippen LogP contribution in [0.1, 0.15) is 46.5 Å². The summed E-state index contributed by atoms with van der Waals surface area (Å²) in [5.41, 5.74) is 0.465. The summed E-state index contributed by atoms with van der Waals surface area (Å²) >= 11 is 0. The van der Waals surface area contributed by atoms with Crippen LogP contribution in [0.5, 0.6) is 0 Å². The van der Waals surface area contributed by atoms with Gasteiger partial charge in [-0.15, -0.1) is 0 Å². The Hall–Kier alpha value is -1.32. The van der Waals surface area contributed by atoms with Crippen molar-refractivity contribution in [2.24, 2.45) is 5.92 Å². The fourth-order valence-electron chi connectivity index (χ4n) is 1.27. The van der Waals surface area contributed by atoms with E-state index in [2.05, 4.69) is 6.58 Å². The SMILES string of the molecule is C=C(CCCCC(=O)OCC(C)C)C(=O)OCC. The topological polar surface area (TPSA) is 52.6 Å². The first-order chi connectivity index (χ1) is 8.47. The molecule has 18 heavy (non-hydrogen) atoms. The maximum absolute atomic E-state index is 11.3. The Morgan fingerprint density at radius 2 is 1.72 bits per heavy atom. The molecule has 0 rings (SSSR count). The van der Waals surface area contributed by atoms with Gasteiger partial charge in [0.05, 0.1) is 13.2 Å². The van der Waals surface area contributed by atoms with Crippen molar-refractivity contribution in [2.45, 2.75) is 46.5 Å². The molecule has 4 nitrogen and oxygen atoms in total. The molecule has 0 aromatic carbocycles. The number of unbranched alkanes of at least 4 members (excludes halogenated alkanes) is 1. The van der Waals surface area contributed by atoms with E-state index in [1.165, 1.54) is 0 Å². The first kappa shape index (κ1) is 16.7. The summed E-state index contributed by atoms with van der Waals surface area (Å²) in [7, 11) is 0. The molecule has 104 valence electrons. The summed E-state index contributed by atoms with van der Waals surface area (Å²) in [6.07, 6.45) is 2.41. The van der Waals surface area contributed by atoms with Crippen molar-refractivity contribution in [3.63, 3.8) is 0 Å². The molecule has 0 amide bonds. The minimum absolute atomic E-state index is 0.176. The van der Waals surface area contributed by atoms with E-state index < -0.39 is 0 Å². The van der Waals surface area contributed by atoms with Crippen LogP contribution in [-0.2, 0) is 19.1 Å². The van der Waals surface area contributed by atoms with Gasteiger partial charge in [0.2, 0.25) is 0 Å². The van der Waals surface area contributed by atoms with Crippen molar-refractivity contribution in [1.29, 1.82) is 0 Å². The molecule has 0 aliphatic heterocycles. The molecule has 0 bridgehead atoms. The van der Waals surface area contributed by atoms with E-state index in [0.29, 0.717) is 44.0 Å². The summed E-state index contributed by atoms with van der Waals surface area (Å²) in [5, 5.41) is 0. The third kappa shape index (κ3) is 8.79. The number of carbonyl (C=O) groups is 2. The molecule has 0 aliphatic rings. The van der Waals surface area contributed by atoms with Crippen molar-refractivity contribution in [2.75, 3.05) is 13.2 Å². The van der Waals surface area contributed by atoms with Crippen LogP contribution in [0, 0.1) is 5.92 Å². The van der Waals surface area contributed by atoms with Crippen LogP contribution in [0.3, 0.4) is 0 Å². The lowest BCUT2D eigenvalue weighted by molar-refractivity contribution is -0.144. The second kappa shape index (κ2) is 9.68. The highest BCUT2D eigenvalue weighted by Gasteiger charge is 2.08. The largest absolute Gasteiger partial charge is 0.465 e. The lowest BCUT2D eigenvalue weighted by Gasteiger charge is -2.07. The average Bonchev–Trinajstić information content (AvgIpc) is 2.32. The van der Waals surface area contributed by atoms with E-state index in [4.69, 9.17) is 9.47 Å². The Kier molecular flexibility index (Phi) is 8.97. The molecule has 0 unspecified atom stereocenters. The van der Waals surface area contributed by atoms with Crippen LogP contribution in [0.4, 0.5) is 0 Å². The van der Waals surface area contributed by atoms with E-state index in [-0.39, 0.29) is 11.9 Å². The molecule has 0 radical (unpaired) electrons. The Balaban J connectivity index is 3.58. The molecule has 0 aromatic heterocycles. The average molecular weight is 256 g/mol. The van der Waals surface area contributed by atoms with Crippen molar-refractivity contribution >= 4 is 11.9 Å². The number of rotatable bonds is 9. The zero-order valence-corrected chi connectivity index (χ0v) is 11.7. The highest BCUT2D eigenvalue weighted by Crippen LogP contribution is 2.09. The van der Waals surface area contributed by atoms with Gasteiger partial charge in [0, 0.05) is 12.0 Å². The van der Waals surface area contributed by atoms with Gasteiger partial charge < -0.3 is 9.47 Å². The minimum Gasteiger partial charge on any atom is -0.465 e. The normalized spacial score (nSPS) is 10.2. The Labute approximate surface area is 109 Å². The lowest BCUT2D eigenvalue weighted by Crippen LogP contribution is -2.10. The van der Waals surface area contributed by atoms with E-state index in [1.54, 1.807) is 6.92 Å². The summed E-state index contributed by atoms with van der Waals surface area (Å²) in [6, 6.07) is 0. The van der Waals surface area contributed by atoms with Crippen molar-refractivity contribution in [1.82, 2.24) is 0 Å². The molecule has 0 saturated carbocycles. The van der Waals surface area contributed by atoms with Gasteiger partial charge in [0.25, 0.3) is 0 Å². The smallest absolute Gasteiger partial charge is 0.333 e. The minimum atomic E-state index is -0.347. The fraction of sp³-hybridized carbons (Fsp3) is 0.714. The van der Waals surface area contributed by atoms with Gasteiger partial charge >= 0.3 is 11.9 Å². The van der Waals surface area contributed by atoms with Gasteiger partial charge in [-0.25, -0.2) is 4.79 Å². The Morgan fingerprint density at radius 3 is 2.28 bits per heavy atom. The first-order valence-corrected chi connectivity index (χ1v) is 6.47. The predicted octanol–water partition coefficient (Wildman–Crippen LogP) is 2.87. The van der Waals surface area contributed by atoms with Gasteiger partial charge in [-0.05, 0) is 32.1 Å². The second-order valence-electron chi connectivity index (χ2n) is 4.61. The van der Waals surface area contributed by atoms with Crippen LogP contribution in [0.25, 0.3) is 0 Å². The molecule has 0 fully saturated rings. The summed E-state index contributed by atoms with van der Waals surface area (Å²) in [6.45, 7) is 10.2. The number of carbonyl (C=O) groups excluding carboxylic acids is 2. The molecular weight excluding hydrogens is 232 g/mol. The molecule has 0 saturated heterocycles. The third-order valence-electron chi connectivity index (χ3n) is 2.25. The zero-order chi connectivity index (χ0) is 14.0. The van der Waals surface area contributed by atoms with Crippen LogP contribution in [-0.4, -0.2) is 25.2 Å². The predicted molar refractivity (Wildman–Crippen MR) is 70.0 cm³/mol. The van der Waals surface area contributed by atoms with Crippen molar-refractivity contribution < 1.29 is 19.1 Å². The van der Waals surface area contributed by atoms with Gasteiger partial charge in [-0.2, -0.15) is 0 Å². The number of hydrogen-bond donors (Lipinski definition) is 0. The van der Waals surface area contributed by atoms with Crippen molar-refractivity contribution in [3.8, 4) is 0 Å². The van der Waals surface area contributed by atoms with Crippen LogP contribution < -0.4 is 0 Å². The molecule has 0 atom stereocenters. The summed E-state index contributed by atoms with van der Waals surface area (Å²) in [4.78, 5) is 22.5. The standard InChI is InChI=1S/C14H24O4/c1-5-17-14(16)12(4)8-6-7-9-13(15)18-10-11(2)3/h11H,4-10H2,1-3H3. The first-order valence-electron chi connectivity index (χ1n) is 6.47.